The SMILES string of the molecule is CCCc1nc(C(=O)N2CCOC3(CCN(CCCCCCCCCNCC(O)c4ccc(O)c5[nH]c(=O)sc45)CC3)C2)cs1. The number of aliphatic hydroxyl groups is 1. The molecule has 12 heteroatoms. The molecule has 5 rings (SSSR count). The number of aromatic hydroxyl groups is 1. The number of ether oxygens (including phenoxy) is 1. The number of aliphatic hydroxyl groups excluding tert-OH is 1. The maximum absolute atomic E-state index is 13.1. The first-order chi connectivity index (χ1) is 21.9. The molecular weight excluding hydrogens is 611 g/mol. The summed E-state index contributed by atoms with van der Waals surface area (Å²) in [7, 11) is 0. The van der Waals surface area contributed by atoms with Gasteiger partial charge >= 0.3 is 4.87 Å². The van der Waals surface area contributed by atoms with Gasteiger partial charge in [-0.05, 0) is 57.7 Å². The Bertz CT molecular complexity index is 1430. The van der Waals surface area contributed by atoms with Crippen LogP contribution in [0.3, 0.4) is 0 Å². The predicted molar refractivity (Wildman–Crippen MR) is 181 cm³/mol. The van der Waals surface area contributed by atoms with Crippen LogP contribution in [0.4, 0.5) is 0 Å². The van der Waals surface area contributed by atoms with Gasteiger partial charge in [-0.1, -0.05) is 56.4 Å². The van der Waals surface area contributed by atoms with Crippen molar-refractivity contribution in [1.29, 1.82) is 0 Å². The molecule has 0 aliphatic carbocycles. The smallest absolute Gasteiger partial charge is 0.305 e. The molecule has 4 N–H and O–H groups in total. The fourth-order valence-electron chi connectivity index (χ4n) is 6.52. The van der Waals surface area contributed by atoms with E-state index in [2.05, 4.69) is 27.1 Å². The molecule has 45 heavy (non-hydrogen) atoms. The number of carbonyl (C=O) groups is 1. The first-order valence-electron chi connectivity index (χ1n) is 16.7. The maximum atomic E-state index is 13.1. The van der Waals surface area contributed by atoms with E-state index in [9.17, 15) is 19.8 Å². The summed E-state index contributed by atoms with van der Waals surface area (Å²) in [6.45, 7) is 8.53. The third kappa shape index (κ3) is 9.14. The maximum Gasteiger partial charge on any atom is 0.305 e. The number of hydrogen-bond donors (Lipinski definition) is 4. The second-order valence-electron chi connectivity index (χ2n) is 12.6. The number of aromatic nitrogens is 2. The number of piperidine rings is 1. The summed E-state index contributed by atoms with van der Waals surface area (Å²) >= 11 is 2.61. The first-order valence-corrected chi connectivity index (χ1v) is 18.4. The van der Waals surface area contributed by atoms with Gasteiger partial charge < -0.3 is 35.1 Å². The highest BCUT2D eigenvalue weighted by molar-refractivity contribution is 7.16. The van der Waals surface area contributed by atoms with Gasteiger partial charge in [0.25, 0.3) is 5.91 Å². The van der Waals surface area contributed by atoms with Crippen molar-refractivity contribution in [3.05, 3.63) is 43.4 Å². The van der Waals surface area contributed by atoms with Crippen LogP contribution in [0.2, 0.25) is 0 Å². The third-order valence-corrected chi connectivity index (χ3v) is 11.0. The monoisotopic (exact) mass is 659 g/mol. The van der Waals surface area contributed by atoms with E-state index in [1.165, 1.54) is 44.6 Å². The molecule has 248 valence electrons. The molecule has 1 atom stereocenters. The van der Waals surface area contributed by atoms with Gasteiger partial charge in [-0.2, -0.15) is 0 Å². The molecule has 1 unspecified atom stereocenters. The number of nitrogens with zero attached hydrogens (tertiary/aromatic N) is 3. The fourth-order valence-corrected chi connectivity index (χ4v) is 8.32. The lowest BCUT2D eigenvalue weighted by Crippen LogP contribution is -2.58. The zero-order chi connectivity index (χ0) is 31.6. The van der Waals surface area contributed by atoms with Crippen LogP contribution in [0.15, 0.2) is 22.3 Å². The van der Waals surface area contributed by atoms with Crippen molar-refractivity contribution in [2.75, 3.05) is 52.4 Å². The number of hydrogen-bond acceptors (Lipinski definition) is 10. The highest BCUT2D eigenvalue weighted by Gasteiger charge is 2.41. The number of unbranched alkanes of at least 4 members (excludes halogenated alkanes) is 6. The Hall–Kier alpha value is -2.35. The van der Waals surface area contributed by atoms with Crippen molar-refractivity contribution in [3.63, 3.8) is 0 Å². The van der Waals surface area contributed by atoms with Crippen LogP contribution < -0.4 is 10.2 Å². The summed E-state index contributed by atoms with van der Waals surface area (Å²) in [5, 5.41) is 26.8. The third-order valence-electron chi connectivity index (χ3n) is 9.15. The molecule has 2 fully saturated rings. The summed E-state index contributed by atoms with van der Waals surface area (Å²) in [6.07, 6.45) is 11.7. The van der Waals surface area contributed by atoms with Gasteiger partial charge in [0.15, 0.2) is 0 Å². The first kappa shape index (κ1) is 34.0. The number of aryl methyl sites for hydroxylation is 1. The highest BCUT2D eigenvalue weighted by atomic mass is 32.1. The number of likely N-dealkylation sites (tertiary alicyclic amines) is 1. The van der Waals surface area contributed by atoms with Gasteiger partial charge in [0.1, 0.15) is 17.0 Å². The fraction of sp³-hybridized carbons (Fsp3) is 0.667. The molecule has 2 aliphatic rings. The number of H-pyrrole nitrogens is 1. The molecule has 1 aromatic carbocycles. The topological polar surface area (TPSA) is 131 Å². The molecular formula is C33H49N5O5S2. The summed E-state index contributed by atoms with van der Waals surface area (Å²) in [4.78, 5) is 36.3. The molecule has 2 aromatic heterocycles. The Balaban J connectivity index is 0.888. The number of rotatable bonds is 16. The number of phenols is 1. The molecule has 2 aliphatic heterocycles. The number of amides is 1. The normalized spacial score (nSPS) is 17.8. The molecule has 3 aromatic rings. The van der Waals surface area contributed by atoms with Gasteiger partial charge in [-0.3, -0.25) is 9.59 Å². The van der Waals surface area contributed by atoms with Gasteiger partial charge in [0, 0.05) is 37.1 Å². The lowest BCUT2D eigenvalue weighted by molar-refractivity contribution is -0.127. The van der Waals surface area contributed by atoms with E-state index < -0.39 is 6.10 Å². The molecule has 0 radical (unpaired) electrons. The Labute approximate surface area is 273 Å². The van der Waals surface area contributed by atoms with E-state index in [4.69, 9.17) is 4.74 Å². The number of carbonyl (C=O) groups excluding carboxylic acids is 1. The predicted octanol–water partition coefficient (Wildman–Crippen LogP) is 5.07. The van der Waals surface area contributed by atoms with Crippen LogP contribution >= 0.6 is 22.7 Å². The number of morpholine rings is 1. The molecule has 10 nitrogen and oxygen atoms in total. The molecule has 0 saturated carbocycles. The van der Waals surface area contributed by atoms with Gasteiger partial charge in [0.2, 0.25) is 0 Å². The minimum atomic E-state index is -0.730. The molecule has 1 spiro atoms. The van der Waals surface area contributed by atoms with Crippen molar-refractivity contribution >= 4 is 38.8 Å². The Morgan fingerprint density at radius 1 is 1.13 bits per heavy atom. The van der Waals surface area contributed by atoms with Gasteiger partial charge in [0.05, 0.1) is 34.6 Å². The van der Waals surface area contributed by atoms with Crippen LogP contribution in [-0.4, -0.2) is 93.9 Å². The standard InChI is InChI=1S/C33H49N5O5S2/c1-2-10-28-35-25(22-44-28)31(41)38-19-20-43-33(23-38)13-17-37(18-14-33)16-9-7-5-3-4-6-8-15-34-21-27(40)24-11-12-26(39)29-30(24)45-32(42)36-29/h11-12,22,27,34,39-40H,2-10,13-21,23H2,1H3,(H,36,42). The summed E-state index contributed by atoms with van der Waals surface area (Å²) in [5.41, 5.74) is 1.45. The Morgan fingerprint density at radius 2 is 1.89 bits per heavy atom. The van der Waals surface area contributed by atoms with E-state index in [1.807, 2.05) is 10.3 Å². The zero-order valence-corrected chi connectivity index (χ0v) is 28.2. The molecule has 2 saturated heterocycles. The Morgan fingerprint density at radius 3 is 2.67 bits per heavy atom. The van der Waals surface area contributed by atoms with Gasteiger partial charge in [-0.25, -0.2) is 4.98 Å². The van der Waals surface area contributed by atoms with E-state index >= 15 is 0 Å². The average Bonchev–Trinajstić information content (AvgIpc) is 3.68. The largest absolute Gasteiger partial charge is 0.506 e. The number of aromatic amines is 1. The van der Waals surface area contributed by atoms with E-state index in [-0.39, 0.29) is 22.1 Å². The molecule has 4 heterocycles. The Kier molecular flexibility index (Phi) is 12.4. The van der Waals surface area contributed by atoms with Crippen LogP contribution in [0.25, 0.3) is 10.2 Å². The zero-order valence-electron chi connectivity index (χ0n) is 26.5. The van der Waals surface area contributed by atoms with Crippen molar-refractivity contribution in [3.8, 4) is 5.75 Å². The number of phenolic OH excluding ortho intramolecular Hbond substituents is 1. The summed E-state index contributed by atoms with van der Waals surface area (Å²) in [6, 6.07) is 3.20. The number of nitrogens with one attached hydrogen (secondary N) is 2. The summed E-state index contributed by atoms with van der Waals surface area (Å²) in [5.74, 6) is 0.0797. The van der Waals surface area contributed by atoms with Crippen molar-refractivity contribution < 1.29 is 19.7 Å². The lowest BCUT2D eigenvalue weighted by Gasteiger charge is -2.47. The van der Waals surface area contributed by atoms with Crippen LogP contribution in [0.1, 0.15) is 98.3 Å². The quantitative estimate of drug-likeness (QED) is 0.157. The lowest BCUT2D eigenvalue weighted by atomic mass is 9.89. The van der Waals surface area contributed by atoms with E-state index in [0.29, 0.717) is 47.7 Å². The second-order valence-corrected chi connectivity index (χ2v) is 14.5. The van der Waals surface area contributed by atoms with Gasteiger partial charge in [-0.15, -0.1) is 11.3 Å². The van der Waals surface area contributed by atoms with Crippen LogP contribution in [0.5, 0.6) is 5.75 Å². The minimum absolute atomic E-state index is 0.0252. The second kappa shape index (κ2) is 16.5. The minimum Gasteiger partial charge on any atom is -0.506 e. The van der Waals surface area contributed by atoms with Crippen molar-refractivity contribution in [2.24, 2.45) is 0 Å². The number of thiazole rings is 2. The summed E-state index contributed by atoms with van der Waals surface area (Å²) < 4.78 is 6.91. The molecule has 0 bridgehead atoms. The van der Waals surface area contributed by atoms with E-state index in [0.717, 1.165) is 74.6 Å². The van der Waals surface area contributed by atoms with Crippen LogP contribution in [0, 0.1) is 0 Å². The van der Waals surface area contributed by atoms with Crippen molar-refractivity contribution in [2.45, 2.75) is 89.3 Å². The average molecular weight is 660 g/mol. The molecule has 1 amide bonds. The number of benzene rings is 1. The van der Waals surface area contributed by atoms with Crippen molar-refractivity contribution in [1.82, 2.24) is 25.1 Å². The number of fused-ring (bicyclic) bond motifs is 1. The van der Waals surface area contributed by atoms with Crippen LogP contribution in [-0.2, 0) is 11.2 Å². The van der Waals surface area contributed by atoms with E-state index in [1.54, 1.807) is 17.4 Å². The highest BCUT2D eigenvalue weighted by Crippen LogP contribution is 2.32.